The van der Waals surface area contributed by atoms with Gasteiger partial charge in [-0.05, 0) is 27.8 Å². The third kappa shape index (κ3) is 4.90. The number of rotatable bonds is 11. The van der Waals surface area contributed by atoms with Crippen molar-refractivity contribution < 1.29 is 28.5 Å². The lowest BCUT2D eigenvalue weighted by Gasteiger charge is -2.22. The summed E-state index contributed by atoms with van der Waals surface area (Å²) in [5, 5.41) is 0. The summed E-state index contributed by atoms with van der Waals surface area (Å²) in [6.45, 7) is 3.05. The quantitative estimate of drug-likeness (QED) is 0.292. The van der Waals surface area contributed by atoms with Gasteiger partial charge in [0.25, 0.3) is 0 Å². The minimum Gasteiger partial charge on any atom is -0.457 e. The molecule has 0 radical (unpaired) electrons. The number of carbonyl (C=O) groups excluding carboxylic acids is 1. The number of hydrogen-bond donors (Lipinski definition) is 2. The van der Waals surface area contributed by atoms with Crippen molar-refractivity contribution in [2.24, 2.45) is 0 Å². The topological polar surface area (TPSA) is 128 Å². The number of benzene rings is 2. The monoisotopic (exact) mass is 466 g/mol. The van der Waals surface area contributed by atoms with E-state index in [1.807, 2.05) is 18.2 Å². The Labute approximate surface area is 198 Å². The van der Waals surface area contributed by atoms with Crippen molar-refractivity contribution in [3.63, 3.8) is 0 Å². The zero-order valence-corrected chi connectivity index (χ0v) is 19.1. The molecule has 4 N–H and O–H groups in total. The molecule has 6 rings (SSSR count). The van der Waals surface area contributed by atoms with E-state index in [1.165, 1.54) is 0 Å². The SMILES string of the molecule is Nc1c(N)c(C(=O)OCc2ccccc2CC2CO2)c(CC2CO2)c(CC2CO2)c1CC1CO1. The summed E-state index contributed by atoms with van der Waals surface area (Å²) in [6, 6.07) is 7.97. The van der Waals surface area contributed by atoms with E-state index in [0.717, 1.165) is 47.5 Å². The van der Waals surface area contributed by atoms with E-state index in [4.69, 9.17) is 35.2 Å². The van der Waals surface area contributed by atoms with Gasteiger partial charge in [0, 0.05) is 25.7 Å². The van der Waals surface area contributed by atoms with Gasteiger partial charge in [0.15, 0.2) is 0 Å². The highest BCUT2D eigenvalue weighted by molar-refractivity contribution is 6.01. The molecule has 0 amide bonds. The first-order valence-corrected chi connectivity index (χ1v) is 12.0. The molecule has 4 heterocycles. The Bertz CT molecular complexity index is 1100. The minimum atomic E-state index is -0.454. The summed E-state index contributed by atoms with van der Waals surface area (Å²) >= 11 is 0. The molecule has 4 aliphatic rings. The van der Waals surface area contributed by atoms with Gasteiger partial charge in [0.2, 0.25) is 0 Å². The Morgan fingerprint density at radius 1 is 0.735 bits per heavy atom. The first-order chi connectivity index (χ1) is 16.6. The molecule has 0 bridgehead atoms. The summed E-state index contributed by atoms with van der Waals surface area (Å²) < 4.78 is 27.7. The van der Waals surface area contributed by atoms with Crippen molar-refractivity contribution in [2.75, 3.05) is 37.9 Å². The van der Waals surface area contributed by atoms with Crippen LogP contribution in [0.25, 0.3) is 0 Å². The maximum atomic E-state index is 13.5. The molecule has 4 fully saturated rings. The number of ether oxygens (including phenoxy) is 5. The number of hydrogen-bond acceptors (Lipinski definition) is 8. The minimum absolute atomic E-state index is 0.0812. The van der Waals surface area contributed by atoms with Crippen LogP contribution in [0.3, 0.4) is 0 Å². The summed E-state index contributed by atoms with van der Waals surface area (Å²) in [6.07, 6.45) is 3.42. The van der Waals surface area contributed by atoms with Crippen LogP contribution in [0, 0.1) is 0 Å². The zero-order valence-electron chi connectivity index (χ0n) is 19.1. The maximum absolute atomic E-state index is 13.5. The average Bonchev–Trinajstić information content (AvgIpc) is 3.65. The summed E-state index contributed by atoms with van der Waals surface area (Å²) in [5.41, 5.74) is 19.1. The zero-order chi connectivity index (χ0) is 23.2. The number of epoxide rings is 4. The second kappa shape index (κ2) is 8.85. The molecule has 4 aliphatic heterocycles. The van der Waals surface area contributed by atoms with Crippen molar-refractivity contribution in [1.29, 1.82) is 0 Å². The highest BCUT2D eigenvalue weighted by atomic mass is 16.6. The van der Waals surface area contributed by atoms with Crippen LogP contribution in [0.1, 0.15) is 38.2 Å². The number of nitrogen functional groups attached to an aromatic ring is 2. The first-order valence-electron chi connectivity index (χ1n) is 12.0. The molecule has 2 aromatic rings. The molecule has 4 atom stereocenters. The Kier molecular flexibility index (Phi) is 5.69. The van der Waals surface area contributed by atoms with E-state index < -0.39 is 5.97 Å². The summed E-state index contributed by atoms with van der Waals surface area (Å²) in [5.74, 6) is -0.454. The standard InChI is InChI=1S/C26H30N2O6/c27-24-22(8-19-13-33-19)20(6-17-11-31-17)21(7-18-12-32-18)23(25(24)28)26(29)34-9-15-4-2-1-3-14(15)5-16-10-30-16/h1-4,16-19H,5-13,27-28H2. The number of esters is 1. The Hall–Kier alpha value is -2.65. The fourth-order valence-corrected chi connectivity index (χ4v) is 4.68. The van der Waals surface area contributed by atoms with Gasteiger partial charge in [0.1, 0.15) is 6.61 Å². The highest BCUT2D eigenvalue weighted by Crippen LogP contribution is 2.39. The number of nitrogens with two attached hydrogens (primary N) is 2. The van der Waals surface area contributed by atoms with Crippen LogP contribution in [-0.4, -0.2) is 56.8 Å². The van der Waals surface area contributed by atoms with Crippen LogP contribution in [0.15, 0.2) is 24.3 Å². The van der Waals surface area contributed by atoms with Crippen molar-refractivity contribution in [2.45, 2.75) is 56.7 Å². The lowest BCUT2D eigenvalue weighted by molar-refractivity contribution is 0.0471. The molecule has 180 valence electrons. The highest BCUT2D eigenvalue weighted by Gasteiger charge is 2.36. The predicted molar refractivity (Wildman–Crippen MR) is 125 cm³/mol. The lowest BCUT2D eigenvalue weighted by atomic mass is 9.86. The molecule has 8 nitrogen and oxygen atoms in total. The van der Waals surface area contributed by atoms with Crippen LogP contribution >= 0.6 is 0 Å². The van der Waals surface area contributed by atoms with Crippen molar-refractivity contribution in [1.82, 2.24) is 0 Å². The van der Waals surface area contributed by atoms with Crippen LogP contribution in [0.2, 0.25) is 0 Å². The van der Waals surface area contributed by atoms with Crippen LogP contribution < -0.4 is 11.5 Å². The summed E-state index contributed by atoms with van der Waals surface area (Å²) in [4.78, 5) is 13.5. The van der Waals surface area contributed by atoms with Crippen LogP contribution in [0.4, 0.5) is 11.4 Å². The Morgan fingerprint density at radius 2 is 1.24 bits per heavy atom. The summed E-state index contributed by atoms with van der Waals surface area (Å²) in [7, 11) is 0. The number of carbonyl (C=O) groups is 1. The number of anilines is 2. The van der Waals surface area contributed by atoms with Crippen LogP contribution in [-0.2, 0) is 56.0 Å². The van der Waals surface area contributed by atoms with E-state index >= 15 is 0 Å². The largest absolute Gasteiger partial charge is 0.457 e. The van der Waals surface area contributed by atoms with Gasteiger partial charge >= 0.3 is 5.97 Å². The molecular weight excluding hydrogens is 436 g/mol. The van der Waals surface area contributed by atoms with Gasteiger partial charge in [-0.15, -0.1) is 0 Å². The second-order valence-electron chi connectivity index (χ2n) is 9.62. The molecule has 0 aromatic heterocycles. The second-order valence-corrected chi connectivity index (χ2v) is 9.62. The smallest absolute Gasteiger partial charge is 0.340 e. The van der Waals surface area contributed by atoms with Gasteiger partial charge in [-0.3, -0.25) is 0 Å². The first kappa shape index (κ1) is 21.9. The van der Waals surface area contributed by atoms with E-state index in [0.29, 0.717) is 43.7 Å². The lowest BCUT2D eigenvalue weighted by Crippen LogP contribution is -2.20. The third-order valence-electron chi connectivity index (χ3n) is 6.95. The molecule has 34 heavy (non-hydrogen) atoms. The average molecular weight is 467 g/mol. The fourth-order valence-electron chi connectivity index (χ4n) is 4.68. The van der Waals surface area contributed by atoms with Crippen molar-refractivity contribution in [3.8, 4) is 0 Å². The molecule has 0 aliphatic carbocycles. The van der Waals surface area contributed by atoms with Gasteiger partial charge in [0.05, 0.1) is 67.8 Å². The molecular formula is C26H30N2O6. The van der Waals surface area contributed by atoms with E-state index in [2.05, 4.69) is 6.07 Å². The molecule has 2 aromatic carbocycles. The van der Waals surface area contributed by atoms with E-state index in [1.54, 1.807) is 0 Å². The maximum Gasteiger partial charge on any atom is 0.340 e. The molecule has 0 spiro atoms. The van der Waals surface area contributed by atoms with Gasteiger partial charge in [-0.1, -0.05) is 24.3 Å². The third-order valence-corrected chi connectivity index (χ3v) is 6.95. The van der Waals surface area contributed by atoms with Gasteiger partial charge < -0.3 is 35.2 Å². The molecule has 0 saturated carbocycles. The predicted octanol–water partition coefficient (Wildman–Crippen LogP) is 1.97. The fraction of sp³-hybridized carbons (Fsp3) is 0.500. The van der Waals surface area contributed by atoms with Gasteiger partial charge in [-0.2, -0.15) is 0 Å². The molecule has 4 saturated heterocycles. The van der Waals surface area contributed by atoms with Gasteiger partial charge in [-0.25, -0.2) is 4.79 Å². The van der Waals surface area contributed by atoms with Crippen LogP contribution in [0.5, 0.6) is 0 Å². The van der Waals surface area contributed by atoms with Crippen molar-refractivity contribution in [3.05, 3.63) is 57.6 Å². The van der Waals surface area contributed by atoms with Crippen molar-refractivity contribution >= 4 is 17.3 Å². The Balaban J connectivity index is 1.32. The normalized spacial score (nSPS) is 26.2. The van der Waals surface area contributed by atoms with E-state index in [9.17, 15) is 4.79 Å². The Morgan fingerprint density at radius 3 is 1.82 bits per heavy atom. The van der Waals surface area contributed by atoms with E-state index in [-0.39, 0.29) is 36.7 Å². The molecule has 4 unspecified atom stereocenters. The molecule has 8 heteroatoms.